The number of amides is 1. The highest BCUT2D eigenvalue weighted by molar-refractivity contribution is 5.81. The molecule has 0 radical (unpaired) electrons. The van der Waals surface area contributed by atoms with E-state index < -0.39 is 6.10 Å². The van der Waals surface area contributed by atoms with Gasteiger partial charge in [0.1, 0.15) is 5.75 Å². The number of hydrogen-bond donors (Lipinski definition) is 1. The third-order valence-electron chi connectivity index (χ3n) is 4.99. The summed E-state index contributed by atoms with van der Waals surface area (Å²) in [5.74, 6) is 1.06. The topological polar surface area (TPSA) is 38.3 Å². The lowest BCUT2D eigenvalue weighted by atomic mass is 9.97. The van der Waals surface area contributed by atoms with Crippen molar-refractivity contribution in [2.45, 2.75) is 73.0 Å². The summed E-state index contributed by atoms with van der Waals surface area (Å²) in [5, 5.41) is 3.16. The largest absolute Gasteiger partial charge is 0.481 e. The first-order chi connectivity index (χ1) is 12.7. The zero-order valence-electron chi connectivity index (χ0n) is 17.7. The number of carbonyl (C=O) groups is 1. The maximum absolute atomic E-state index is 12.8. The first kappa shape index (κ1) is 21.0. The molecule has 27 heavy (non-hydrogen) atoms. The lowest BCUT2D eigenvalue weighted by Gasteiger charge is -2.24. The molecule has 0 aliphatic carbocycles. The average Bonchev–Trinajstić information content (AvgIpc) is 2.59. The van der Waals surface area contributed by atoms with Crippen LogP contribution in [0.3, 0.4) is 0 Å². The van der Waals surface area contributed by atoms with Crippen LogP contribution < -0.4 is 10.1 Å². The van der Waals surface area contributed by atoms with E-state index in [0.717, 1.165) is 23.3 Å². The van der Waals surface area contributed by atoms with Gasteiger partial charge in [0, 0.05) is 0 Å². The summed E-state index contributed by atoms with van der Waals surface area (Å²) in [6.07, 6.45) is 0.286. The highest BCUT2D eigenvalue weighted by atomic mass is 16.5. The lowest BCUT2D eigenvalue weighted by molar-refractivity contribution is -0.128. The molecule has 0 aliphatic heterocycles. The maximum Gasteiger partial charge on any atom is 0.261 e. The molecule has 0 aliphatic rings. The number of rotatable bonds is 7. The molecule has 0 heterocycles. The van der Waals surface area contributed by atoms with Gasteiger partial charge in [-0.1, -0.05) is 56.7 Å². The van der Waals surface area contributed by atoms with Crippen molar-refractivity contribution < 1.29 is 9.53 Å². The minimum atomic E-state index is -0.552. The Labute approximate surface area is 164 Å². The van der Waals surface area contributed by atoms with Crippen LogP contribution >= 0.6 is 0 Å². The number of nitrogens with one attached hydrogen (secondary N) is 1. The zero-order valence-corrected chi connectivity index (χ0v) is 17.7. The van der Waals surface area contributed by atoms with Gasteiger partial charge in [-0.2, -0.15) is 0 Å². The molecule has 2 atom stereocenters. The maximum atomic E-state index is 12.8. The van der Waals surface area contributed by atoms with Gasteiger partial charge in [-0.05, 0) is 68.4 Å². The van der Waals surface area contributed by atoms with Crippen LogP contribution in [0.2, 0.25) is 0 Å². The lowest BCUT2D eigenvalue weighted by Crippen LogP contribution is -2.38. The molecular formula is C24H33NO2. The van der Waals surface area contributed by atoms with Gasteiger partial charge in [-0.15, -0.1) is 0 Å². The van der Waals surface area contributed by atoms with E-state index in [1.807, 2.05) is 19.9 Å². The summed E-state index contributed by atoms with van der Waals surface area (Å²) in [7, 11) is 0. The van der Waals surface area contributed by atoms with E-state index in [0.29, 0.717) is 5.92 Å². The molecule has 3 nitrogen and oxygen atoms in total. The van der Waals surface area contributed by atoms with Crippen LogP contribution in [0.15, 0.2) is 36.4 Å². The fourth-order valence-corrected chi connectivity index (χ4v) is 3.37. The van der Waals surface area contributed by atoms with E-state index in [1.165, 1.54) is 16.7 Å². The third-order valence-corrected chi connectivity index (χ3v) is 4.99. The normalized spacial score (nSPS) is 13.3. The van der Waals surface area contributed by atoms with Crippen LogP contribution in [0, 0.1) is 20.8 Å². The Balaban J connectivity index is 2.14. The fourth-order valence-electron chi connectivity index (χ4n) is 3.37. The highest BCUT2D eigenvalue weighted by Gasteiger charge is 2.21. The van der Waals surface area contributed by atoms with Gasteiger partial charge in [0.2, 0.25) is 0 Å². The minimum absolute atomic E-state index is 0.00812. The first-order valence-corrected chi connectivity index (χ1v) is 9.87. The van der Waals surface area contributed by atoms with E-state index in [9.17, 15) is 4.79 Å². The highest BCUT2D eigenvalue weighted by Crippen LogP contribution is 2.28. The third kappa shape index (κ3) is 5.35. The Morgan fingerprint density at radius 2 is 1.56 bits per heavy atom. The van der Waals surface area contributed by atoms with Gasteiger partial charge < -0.3 is 10.1 Å². The predicted molar refractivity (Wildman–Crippen MR) is 112 cm³/mol. The van der Waals surface area contributed by atoms with Crippen molar-refractivity contribution in [1.29, 1.82) is 0 Å². The van der Waals surface area contributed by atoms with Crippen LogP contribution in [0.4, 0.5) is 0 Å². The summed E-state index contributed by atoms with van der Waals surface area (Å²) in [6.45, 7) is 14.4. The van der Waals surface area contributed by atoms with Crippen LogP contribution in [0.25, 0.3) is 0 Å². The molecule has 2 aromatic rings. The molecule has 0 fully saturated rings. The van der Waals surface area contributed by atoms with E-state index in [4.69, 9.17) is 4.74 Å². The van der Waals surface area contributed by atoms with Crippen molar-refractivity contribution in [3.8, 4) is 5.75 Å². The van der Waals surface area contributed by atoms with Crippen molar-refractivity contribution in [2.75, 3.05) is 0 Å². The van der Waals surface area contributed by atoms with Gasteiger partial charge in [-0.25, -0.2) is 0 Å². The molecular weight excluding hydrogens is 334 g/mol. The molecule has 0 spiro atoms. The average molecular weight is 368 g/mol. The van der Waals surface area contributed by atoms with E-state index >= 15 is 0 Å². The van der Waals surface area contributed by atoms with Crippen LogP contribution in [0.5, 0.6) is 5.75 Å². The van der Waals surface area contributed by atoms with Crippen LogP contribution in [-0.4, -0.2) is 12.0 Å². The van der Waals surface area contributed by atoms with Crippen molar-refractivity contribution >= 4 is 5.91 Å². The van der Waals surface area contributed by atoms with Crippen LogP contribution in [-0.2, 0) is 4.79 Å². The summed E-state index contributed by atoms with van der Waals surface area (Å²) in [6, 6.07) is 12.5. The van der Waals surface area contributed by atoms with Crippen molar-refractivity contribution in [3.05, 3.63) is 64.2 Å². The number of benzene rings is 2. The Morgan fingerprint density at radius 3 is 2.11 bits per heavy atom. The number of hydrogen-bond acceptors (Lipinski definition) is 2. The quantitative estimate of drug-likeness (QED) is 0.674. The van der Waals surface area contributed by atoms with Crippen molar-refractivity contribution in [1.82, 2.24) is 5.32 Å². The Morgan fingerprint density at radius 1 is 0.963 bits per heavy atom. The predicted octanol–water partition coefficient (Wildman–Crippen LogP) is 5.77. The molecule has 1 N–H and O–H groups in total. The molecule has 1 amide bonds. The van der Waals surface area contributed by atoms with Crippen molar-refractivity contribution in [2.24, 2.45) is 0 Å². The van der Waals surface area contributed by atoms with Gasteiger partial charge >= 0.3 is 0 Å². The molecule has 2 rings (SSSR count). The van der Waals surface area contributed by atoms with Gasteiger partial charge in [0.05, 0.1) is 6.04 Å². The van der Waals surface area contributed by atoms with E-state index in [1.54, 1.807) is 0 Å². The number of carbonyl (C=O) groups excluding carboxylic acids is 1. The number of ether oxygens (including phenoxy) is 1. The summed E-state index contributed by atoms with van der Waals surface area (Å²) in [4.78, 5) is 12.8. The van der Waals surface area contributed by atoms with Gasteiger partial charge in [0.25, 0.3) is 5.91 Å². The second-order valence-electron chi connectivity index (χ2n) is 7.79. The molecule has 0 bridgehead atoms. The zero-order chi connectivity index (χ0) is 20.1. The second kappa shape index (κ2) is 9.07. The smallest absolute Gasteiger partial charge is 0.261 e. The van der Waals surface area contributed by atoms with Crippen LogP contribution in [0.1, 0.15) is 73.9 Å². The summed E-state index contributed by atoms with van der Waals surface area (Å²) in [5.41, 5.74) is 5.86. The summed E-state index contributed by atoms with van der Waals surface area (Å²) >= 11 is 0. The van der Waals surface area contributed by atoms with Gasteiger partial charge in [0.15, 0.2) is 6.10 Å². The standard InChI is InChI=1S/C24H33NO2/c1-8-22(21-12-10-16(4)13-18(21)6)25-24(26)19(7)27-23-14-17(5)9-11-20(23)15(2)3/h9-15,19,22H,8H2,1-7H3,(H,25,26)/t19-,22-/m1/s1. The van der Waals surface area contributed by atoms with Crippen molar-refractivity contribution in [3.63, 3.8) is 0 Å². The van der Waals surface area contributed by atoms with E-state index in [-0.39, 0.29) is 11.9 Å². The Bertz CT molecular complexity index is 795. The molecule has 0 unspecified atom stereocenters. The molecule has 2 aromatic carbocycles. The Hall–Kier alpha value is -2.29. The number of aryl methyl sites for hydroxylation is 3. The minimum Gasteiger partial charge on any atom is -0.481 e. The van der Waals surface area contributed by atoms with E-state index in [2.05, 4.69) is 70.3 Å². The molecule has 0 aromatic heterocycles. The monoisotopic (exact) mass is 367 g/mol. The Kier molecular flexibility index (Phi) is 7.06. The SMILES string of the molecule is CC[C@@H](NC(=O)[C@@H](C)Oc1cc(C)ccc1C(C)C)c1ccc(C)cc1C. The second-order valence-corrected chi connectivity index (χ2v) is 7.79. The molecule has 0 saturated carbocycles. The molecule has 146 valence electrons. The molecule has 3 heteroatoms. The van der Waals surface area contributed by atoms with Gasteiger partial charge in [-0.3, -0.25) is 4.79 Å². The fraction of sp³-hybridized carbons (Fsp3) is 0.458. The first-order valence-electron chi connectivity index (χ1n) is 9.87. The molecule has 0 saturated heterocycles. The summed E-state index contributed by atoms with van der Waals surface area (Å²) < 4.78 is 6.07.